The Bertz CT molecular complexity index is 132. The SMILES string of the molecule is COC(=O)C(O)CC(OC)OC. The largest absolute Gasteiger partial charge is 0.467 e. The second-order valence-electron chi connectivity index (χ2n) is 2.18. The summed E-state index contributed by atoms with van der Waals surface area (Å²) >= 11 is 0. The number of rotatable bonds is 5. The Morgan fingerprint density at radius 3 is 2.17 bits per heavy atom. The van der Waals surface area contributed by atoms with Gasteiger partial charge in [-0.15, -0.1) is 0 Å². The first kappa shape index (κ1) is 11.4. The molecule has 1 N–H and O–H groups in total. The van der Waals surface area contributed by atoms with Crippen LogP contribution in [0.5, 0.6) is 0 Å². The van der Waals surface area contributed by atoms with Gasteiger partial charge >= 0.3 is 5.97 Å². The molecule has 72 valence electrons. The molecule has 0 heterocycles. The zero-order chi connectivity index (χ0) is 9.56. The summed E-state index contributed by atoms with van der Waals surface area (Å²) in [5.74, 6) is -0.686. The predicted octanol–water partition coefficient (Wildman–Crippen LogP) is -0.471. The van der Waals surface area contributed by atoms with Crippen molar-refractivity contribution in [3.05, 3.63) is 0 Å². The van der Waals surface area contributed by atoms with E-state index < -0.39 is 18.4 Å². The van der Waals surface area contributed by atoms with E-state index in [4.69, 9.17) is 14.6 Å². The van der Waals surface area contributed by atoms with Gasteiger partial charge in [-0.25, -0.2) is 4.79 Å². The Morgan fingerprint density at radius 2 is 1.83 bits per heavy atom. The molecule has 0 rings (SSSR count). The lowest BCUT2D eigenvalue weighted by Crippen LogP contribution is -2.28. The topological polar surface area (TPSA) is 65.0 Å². The molecule has 0 aliphatic carbocycles. The first-order chi connectivity index (χ1) is 5.65. The lowest BCUT2D eigenvalue weighted by atomic mass is 10.2. The van der Waals surface area contributed by atoms with Crippen molar-refractivity contribution in [2.45, 2.75) is 18.8 Å². The quantitative estimate of drug-likeness (QED) is 0.455. The van der Waals surface area contributed by atoms with Crippen LogP contribution in [0, 0.1) is 0 Å². The van der Waals surface area contributed by atoms with Gasteiger partial charge in [0.2, 0.25) is 0 Å². The van der Waals surface area contributed by atoms with Crippen molar-refractivity contribution in [3.8, 4) is 0 Å². The molecule has 1 atom stereocenters. The van der Waals surface area contributed by atoms with Gasteiger partial charge in [0.05, 0.1) is 7.11 Å². The van der Waals surface area contributed by atoms with Crippen LogP contribution in [-0.4, -0.2) is 44.8 Å². The zero-order valence-electron chi connectivity index (χ0n) is 7.44. The summed E-state index contributed by atoms with van der Waals surface area (Å²) in [6, 6.07) is 0. The summed E-state index contributed by atoms with van der Waals surface area (Å²) in [5.41, 5.74) is 0. The third kappa shape index (κ3) is 3.66. The monoisotopic (exact) mass is 178 g/mol. The van der Waals surface area contributed by atoms with Crippen LogP contribution < -0.4 is 0 Å². The van der Waals surface area contributed by atoms with E-state index in [0.717, 1.165) is 0 Å². The molecular formula is C7H14O5. The molecule has 0 radical (unpaired) electrons. The lowest BCUT2D eigenvalue weighted by molar-refractivity contribution is -0.161. The van der Waals surface area contributed by atoms with Crippen molar-refractivity contribution in [1.29, 1.82) is 0 Å². The number of aliphatic hydroxyl groups excluding tert-OH is 1. The predicted molar refractivity (Wildman–Crippen MR) is 40.4 cm³/mol. The molecule has 0 saturated carbocycles. The molecule has 0 bridgehead atoms. The molecular weight excluding hydrogens is 164 g/mol. The van der Waals surface area contributed by atoms with Crippen LogP contribution in [-0.2, 0) is 19.0 Å². The Morgan fingerprint density at radius 1 is 1.33 bits per heavy atom. The smallest absolute Gasteiger partial charge is 0.334 e. The molecule has 12 heavy (non-hydrogen) atoms. The molecule has 0 aliphatic heterocycles. The van der Waals surface area contributed by atoms with Crippen molar-refractivity contribution in [2.75, 3.05) is 21.3 Å². The summed E-state index contributed by atoms with van der Waals surface area (Å²) in [5, 5.41) is 9.12. The van der Waals surface area contributed by atoms with E-state index in [0.29, 0.717) is 0 Å². The number of methoxy groups -OCH3 is 3. The van der Waals surface area contributed by atoms with Crippen molar-refractivity contribution in [1.82, 2.24) is 0 Å². The number of hydrogen-bond acceptors (Lipinski definition) is 5. The highest BCUT2D eigenvalue weighted by atomic mass is 16.7. The second kappa shape index (κ2) is 5.93. The fourth-order valence-corrected chi connectivity index (χ4v) is 0.703. The molecule has 0 amide bonds. The highest BCUT2D eigenvalue weighted by Gasteiger charge is 2.20. The number of hydrogen-bond donors (Lipinski definition) is 1. The highest BCUT2D eigenvalue weighted by Crippen LogP contribution is 2.03. The lowest BCUT2D eigenvalue weighted by Gasteiger charge is -2.15. The first-order valence-electron chi connectivity index (χ1n) is 3.47. The molecule has 0 fully saturated rings. The fourth-order valence-electron chi connectivity index (χ4n) is 0.703. The number of carbonyl (C=O) groups is 1. The third-order valence-corrected chi connectivity index (χ3v) is 1.41. The van der Waals surface area contributed by atoms with Gasteiger partial charge in [-0.05, 0) is 0 Å². The van der Waals surface area contributed by atoms with Crippen molar-refractivity contribution >= 4 is 5.97 Å². The third-order valence-electron chi connectivity index (χ3n) is 1.41. The fraction of sp³-hybridized carbons (Fsp3) is 0.857. The van der Waals surface area contributed by atoms with E-state index in [1.54, 1.807) is 0 Å². The van der Waals surface area contributed by atoms with E-state index >= 15 is 0 Å². The van der Waals surface area contributed by atoms with Gasteiger partial charge in [0.15, 0.2) is 12.4 Å². The molecule has 0 aromatic carbocycles. The average Bonchev–Trinajstić information content (AvgIpc) is 2.12. The van der Waals surface area contributed by atoms with Gasteiger partial charge in [-0.1, -0.05) is 0 Å². The average molecular weight is 178 g/mol. The molecule has 5 heteroatoms. The minimum absolute atomic E-state index is 0.0691. The molecule has 0 saturated heterocycles. The van der Waals surface area contributed by atoms with Crippen LogP contribution in [0.1, 0.15) is 6.42 Å². The van der Waals surface area contributed by atoms with Crippen LogP contribution in [0.25, 0.3) is 0 Å². The van der Waals surface area contributed by atoms with Crippen molar-refractivity contribution in [3.63, 3.8) is 0 Å². The highest BCUT2D eigenvalue weighted by molar-refractivity contribution is 5.74. The maximum absolute atomic E-state index is 10.7. The van der Waals surface area contributed by atoms with Gasteiger partial charge < -0.3 is 19.3 Å². The van der Waals surface area contributed by atoms with Gasteiger partial charge in [0.25, 0.3) is 0 Å². The molecule has 0 aromatic rings. The van der Waals surface area contributed by atoms with Gasteiger partial charge in [0, 0.05) is 20.6 Å². The summed E-state index contributed by atoms with van der Waals surface area (Å²) in [6.45, 7) is 0. The summed E-state index contributed by atoms with van der Waals surface area (Å²) in [4.78, 5) is 10.7. The normalized spacial score (nSPS) is 13.1. The standard InChI is InChI=1S/C7H14O5/c1-10-6(11-2)4-5(8)7(9)12-3/h5-6,8H,4H2,1-3H3. The molecule has 0 spiro atoms. The number of ether oxygens (including phenoxy) is 3. The maximum atomic E-state index is 10.7. The van der Waals surface area contributed by atoms with Crippen molar-refractivity contribution < 1.29 is 24.1 Å². The number of esters is 1. The number of aliphatic hydroxyl groups is 1. The second-order valence-corrected chi connectivity index (χ2v) is 2.18. The molecule has 0 aliphatic rings. The summed E-state index contributed by atoms with van der Waals surface area (Å²) in [6.07, 6.45) is -1.71. The minimum atomic E-state index is -1.19. The van der Waals surface area contributed by atoms with E-state index in [2.05, 4.69) is 4.74 Å². The minimum Gasteiger partial charge on any atom is -0.467 e. The van der Waals surface area contributed by atoms with Crippen LogP contribution in [0.3, 0.4) is 0 Å². The van der Waals surface area contributed by atoms with Crippen molar-refractivity contribution in [2.24, 2.45) is 0 Å². The Balaban J connectivity index is 3.80. The van der Waals surface area contributed by atoms with E-state index in [1.807, 2.05) is 0 Å². The van der Waals surface area contributed by atoms with E-state index in [1.165, 1.54) is 21.3 Å². The van der Waals surface area contributed by atoms with Crippen LogP contribution in [0.2, 0.25) is 0 Å². The Labute approximate surface area is 71.2 Å². The number of carbonyl (C=O) groups excluding carboxylic acids is 1. The zero-order valence-corrected chi connectivity index (χ0v) is 7.44. The molecule has 5 nitrogen and oxygen atoms in total. The Hall–Kier alpha value is -0.650. The maximum Gasteiger partial charge on any atom is 0.334 e. The van der Waals surface area contributed by atoms with E-state index in [9.17, 15) is 4.79 Å². The van der Waals surface area contributed by atoms with Crippen LogP contribution in [0.15, 0.2) is 0 Å². The van der Waals surface area contributed by atoms with Gasteiger partial charge in [-0.2, -0.15) is 0 Å². The first-order valence-corrected chi connectivity index (χ1v) is 3.47. The van der Waals surface area contributed by atoms with Crippen LogP contribution in [0.4, 0.5) is 0 Å². The van der Waals surface area contributed by atoms with E-state index in [-0.39, 0.29) is 6.42 Å². The van der Waals surface area contributed by atoms with Gasteiger partial charge in [-0.3, -0.25) is 0 Å². The Kier molecular flexibility index (Phi) is 5.61. The van der Waals surface area contributed by atoms with Crippen LogP contribution >= 0.6 is 0 Å². The molecule has 0 aromatic heterocycles. The molecule has 1 unspecified atom stereocenters. The summed E-state index contributed by atoms with van der Waals surface area (Å²) in [7, 11) is 4.07. The summed E-state index contributed by atoms with van der Waals surface area (Å²) < 4.78 is 13.9. The van der Waals surface area contributed by atoms with Gasteiger partial charge in [0.1, 0.15) is 0 Å².